The van der Waals surface area contributed by atoms with E-state index in [4.69, 9.17) is 9.15 Å². The summed E-state index contributed by atoms with van der Waals surface area (Å²) >= 11 is 1.51. The van der Waals surface area contributed by atoms with Gasteiger partial charge in [0.25, 0.3) is 5.89 Å². The first-order valence-electron chi connectivity index (χ1n) is 7.00. The highest BCUT2D eigenvalue weighted by Gasteiger charge is 2.12. The van der Waals surface area contributed by atoms with Crippen LogP contribution in [0.3, 0.4) is 0 Å². The number of nitrogens with zero attached hydrogens (tertiary/aromatic N) is 2. The first-order valence-corrected chi connectivity index (χ1v) is 7.88. The molecule has 1 N–H and O–H groups in total. The lowest BCUT2D eigenvalue weighted by atomic mass is 10.2. The van der Waals surface area contributed by atoms with Gasteiger partial charge >= 0.3 is 0 Å². The van der Waals surface area contributed by atoms with Crippen LogP contribution in [0.1, 0.15) is 11.5 Å². The molecule has 0 bridgehead atoms. The van der Waals surface area contributed by atoms with Crippen molar-refractivity contribution >= 4 is 17.2 Å². The summed E-state index contributed by atoms with van der Waals surface area (Å²) in [5.41, 5.74) is 0.961. The number of nitrogens with one attached hydrogen (secondary N) is 1. The second kappa shape index (κ2) is 7.06. The summed E-state index contributed by atoms with van der Waals surface area (Å²) in [5.74, 6) is 1.33. The highest BCUT2D eigenvalue weighted by Crippen LogP contribution is 2.22. The van der Waals surface area contributed by atoms with Crippen molar-refractivity contribution < 1.29 is 13.9 Å². The molecular formula is C16H15N3O3S. The number of carbonyl (C=O) groups excluding carboxylic acids is 1. The Morgan fingerprint density at radius 1 is 1.30 bits per heavy atom. The molecule has 1 aromatic carbocycles. The van der Waals surface area contributed by atoms with Crippen LogP contribution in [0.15, 0.2) is 46.2 Å². The van der Waals surface area contributed by atoms with Crippen LogP contribution in [-0.4, -0.2) is 23.2 Å². The fraction of sp³-hybridized carbons (Fsp3) is 0.188. The van der Waals surface area contributed by atoms with E-state index in [0.29, 0.717) is 18.3 Å². The highest BCUT2D eigenvalue weighted by molar-refractivity contribution is 7.13. The number of carbonyl (C=O) groups is 1. The standard InChI is InChI=1S/C16H15N3O3S/c1-21-12-5-2-4-11(8-12)10-17-14(20)9-15-18-19-16(22-15)13-6-3-7-23-13/h2-8H,9-10H2,1H3,(H,17,20). The van der Waals surface area contributed by atoms with Crippen LogP contribution in [0.5, 0.6) is 5.75 Å². The zero-order valence-corrected chi connectivity index (χ0v) is 13.3. The lowest BCUT2D eigenvalue weighted by molar-refractivity contribution is -0.120. The van der Waals surface area contributed by atoms with Crippen LogP contribution in [0.25, 0.3) is 10.8 Å². The fourth-order valence-electron chi connectivity index (χ4n) is 2.01. The minimum absolute atomic E-state index is 0.0579. The maximum absolute atomic E-state index is 12.0. The van der Waals surface area contributed by atoms with Gasteiger partial charge < -0.3 is 14.5 Å². The van der Waals surface area contributed by atoms with Crippen molar-refractivity contribution in [3.8, 4) is 16.5 Å². The molecule has 0 unspecified atom stereocenters. The molecule has 6 nitrogen and oxygen atoms in total. The van der Waals surface area contributed by atoms with Crippen LogP contribution in [0.4, 0.5) is 0 Å². The Balaban J connectivity index is 1.55. The Kier molecular flexibility index (Phi) is 4.68. The van der Waals surface area contributed by atoms with E-state index in [1.54, 1.807) is 7.11 Å². The molecule has 0 atom stereocenters. The van der Waals surface area contributed by atoms with Crippen LogP contribution >= 0.6 is 11.3 Å². The Hall–Kier alpha value is -2.67. The molecule has 118 valence electrons. The van der Waals surface area contributed by atoms with Crippen LogP contribution in [-0.2, 0) is 17.8 Å². The maximum Gasteiger partial charge on any atom is 0.257 e. The maximum atomic E-state index is 12.0. The SMILES string of the molecule is COc1cccc(CNC(=O)Cc2nnc(-c3cccs3)o2)c1. The van der Waals surface area contributed by atoms with Crippen LogP contribution < -0.4 is 10.1 Å². The third kappa shape index (κ3) is 3.95. The second-order valence-corrected chi connectivity index (χ2v) is 5.73. The van der Waals surface area contributed by atoms with Gasteiger partial charge in [0, 0.05) is 6.54 Å². The van der Waals surface area contributed by atoms with E-state index in [-0.39, 0.29) is 12.3 Å². The van der Waals surface area contributed by atoms with E-state index in [1.807, 2.05) is 41.8 Å². The average molecular weight is 329 g/mol. The number of aromatic nitrogens is 2. The summed E-state index contributed by atoms with van der Waals surface area (Å²) in [6, 6.07) is 11.3. The predicted octanol–water partition coefficient (Wildman–Crippen LogP) is 2.67. The van der Waals surface area contributed by atoms with Gasteiger partial charge in [0.2, 0.25) is 11.8 Å². The predicted molar refractivity (Wildman–Crippen MR) is 86.2 cm³/mol. The van der Waals surface area contributed by atoms with Gasteiger partial charge in [-0.1, -0.05) is 18.2 Å². The van der Waals surface area contributed by atoms with E-state index in [1.165, 1.54) is 11.3 Å². The summed E-state index contributed by atoms with van der Waals surface area (Å²) in [7, 11) is 1.61. The minimum Gasteiger partial charge on any atom is -0.497 e. The zero-order valence-electron chi connectivity index (χ0n) is 12.5. The molecule has 0 aliphatic heterocycles. The third-order valence-electron chi connectivity index (χ3n) is 3.13. The van der Waals surface area contributed by atoms with Crippen molar-refractivity contribution in [2.24, 2.45) is 0 Å². The second-order valence-electron chi connectivity index (χ2n) is 4.78. The largest absolute Gasteiger partial charge is 0.497 e. The Bertz CT molecular complexity index is 783. The number of methoxy groups -OCH3 is 1. The average Bonchev–Trinajstić information content (AvgIpc) is 3.24. The molecule has 7 heteroatoms. The Morgan fingerprint density at radius 3 is 3.00 bits per heavy atom. The molecular weight excluding hydrogens is 314 g/mol. The number of hydrogen-bond acceptors (Lipinski definition) is 6. The highest BCUT2D eigenvalue weighted by atomic mass is 32.1. The molecule has 0 aliphatic carbocycles. The van der Waals surface area contributed by atoms with Crippen molar-refractivity contribution in [2.75, 3.05) is 7.11 Å². The van der Waals surface area contributed by atoms with Crippen molar-refractivity contribution in [3.05, 3.63) is 53.2 Å². The lowest BCUT2D eigenvalue weighted by Crippen LogP contribution is -2.24. The number of thiophene rings is 1. The molecule has 0 saturated heterocycles. The van der Waals surface area contributed by atoms with Gasteiger partial charge in [-0.25, -0.2) is 0 Å². The molecule has 1 amide bonds. The Morgan fingerprint density at radius 2 is 2.22 bits per heavy atom. The molecule has 0 aliphatic rings. The molecule has 0 spiro atoms. The molecule has 0 fully saturated rings. The number of ether oxygens (including phenoxy) is 1. The fourth-order valence-corrected chi connectivity index (χ4v) is 2.65. The van der Waals surface area contributed by atoms with E-state index in [2.05, 4.69) is 15.5 Å². The zero-order chi connectivity index (χ0) is 16.1. The normalized spacial score (nSPS) is 10.5. The van der Waals surface area contributed by atoms with Gasteiger partial charge in [-0.2, -0.15) is 0 Å². The summed E-state index contributed by atoms with van der Waals surface area (Å²) in [5, 5.41) is 12.6. The van der Waals surface area contributed by atoms with E-state index < -0.39 is 0 Å². The summed E-state index contributed by atoms with van der Waals surface area (Å²) in [6.07, 6.45) is 0.0579. The van der Waals surface area contributed by atoms with Crippen LogP contribution in [0, 0.1) is 0 Å². The van der Waals surface area contributed by atoms with Gasteiger partial charge in [-0.05, 0) is 29.1 Å². The minimum atomic E-state index is -0.172. The first kappa shape index (κ1) is 15.2. The molecule has 2 heterocycles. The van der Waals surface area contributed by atoms with Crippen molar-refractivity contribution in [2.45, 2.75) is 13.0 Å². The van der Waals surface area contributed by atoms with Gasteiger partial charge in [-0.3, -0.25) is 4.79 Å². The lowest BCUT2D eigenvalue weighted by Gasteiger charge is -2.05. The van der Waals surface area contributed by atoms with Gasteiger partial charge in [0.15, 0.2) is 0 Å². The molecule has 0 radical (unpaired) electrons. The van der Waals surface area contributed by atoms with E-state index in [0.717, 1.165) is 16.2 Å². The third-order valence-corrected chi connectivity index (χ3v) is 3.99. The van der Waals surface area contributed by atoms with E-state index >= 15 is 0 Å². The monoisotopic (exact) mass is 329 g/mol. The molecule has 3 aromatic rings. The Labute approximate surface area is 137 Å². The molecule has 0 saturated carbocycles. The van der Waals surface area contributed by atoms with Crippen molar-refractivity contribution in [1.29, 1.82) is 0 Å². The molecule has 3 rings (SSSR count). The molecule has 23 heavy (non-hydrogen) atoms. The van der Waals surface area contributed by atoms with E-state index in [9.17, 15) is 4.79 Å². The number of hydrogen-bond donors (Lipinski definition) is 1. The van der Waals surface area contributed by atoms with Gasteiger partial charge in [-0.15, -0.1) is 21.5 Å². The number of benzene rings is 1. The van der Waals surface area contributed by atoms with Gasteiger partial charge in [0.05, 0.1) is 12.0 Å². The number of amides is 1. The van der Waals surface area contributed by atoms with Gasteiger partial charge in [0.1, 0.15) is 12.2 Å². The number of rotatable bonds is 6. The quantitative estimate of drug-likeness (QED) is 0.752. The van der Waals surface area contributed by atoms with Crippen LogP contribution in [0.2, 0.25) is 0 Å². The summed E-state index contributed by atoms with van der Waals surface area (Å²) < 4.78 is 10.6. The van der Waals surface area contributed by atoms with Crippen molar-refractivity contribution in [3.63, 3.8) is 0 Å². The first-order chi connectivity index (χ1) is 11.2. The smallest absolute Gasteiger partial charge is 0.257 e. The summed E-state index contributed by atoms with van der Waals surface area (Å²) in [6.45, 7) is 0.419. The topological polar surface area (TPSA) is 77.2 Å². The summed E-state index contributed by atoms with van der Waals surface area (Å²) in [4.78, 5) is 12.9. The molecule has 2 aromatic heterocycles. The van der Waals surface area contributed by atoms with Crippen molar-refractivity contribution in [1.82, 2.24) is 15.5 Å².